The number of anilines is 2. The molecule has 0 aliphatic carbocycles. The minimum absolute atomic E-state index is 0.00796. The lowest BCUT2D eigenvalue weighted by atomic mass is 10.0. The number of hydrogen-bond acceptors (Lipinski definition) is 6. The molecule has 0 spiro atoms. The van der Waals surface area contributed by atoms with Crippen LogP contribution in [0.1, 0.15) is 19.2 Å². The summed E-state index contributed by atoms with van der Waals surface area (Å²) in [5.74, 6) is -1.14. The van der Waals surface area contributed by atoms with E-state index in [2.05, 4.69) is 20.6 Å². The zero-order valence-electron chi connectivity index (χ0n) is 11.5. The van der Waals surface area contributed by atoms with Crippen molar-refractivity contribution < 1.29 is 23.0 Å². The predicted octanol–water partition coefficient (Wildman–Crippen LogP) is 1.49. The molecule has 3 N–H and O–H groups in total. The second-order valence-corrected chi connectivity index (χ2v) is 4.87. The zero-order chi connectivity index (χ0) is 15.5. The molecule has 0 radical (unpaired) electrons. The molecule has 1 aliphatic heterocycles. The Morgan fingerprint density at radius 3 is 2.52 bits per heavy atom. The Balaban J connectivity index is 2.15. The number of nitrogens with zero attached hydrogens (tertiary/aromatic N) is 2. The van der Waals surface area contributed by atoms with Gasteiger partial charge in [0.05, 0.1) is 6.61 Å². The number of alkyl halides is 3. The van der Waals surface area contributed by atoms with Crippen molar-refractivity contribution in [2.75, 3.05) is 36.9 Å². The van der Waals surface area contributed by atoms with E-state index in [4.69, 9.17) is 4.74 Å². The summed E-state index contributed by atoms with van der Waals surface area (Å²) >= 11 is 0. The lowest BCUT2D eigenvalue weighted by Gasteiger charge is -2.21. The fourth-order valence-corrected chi connectivity index (χ4v) is 1.93. The summed E-state index contributed by atoms with van der Waals surface area (Å²) in [5.41, 5.74) is -1.08. The van der Waals surface area contributed by atoms with Crippen LogP contribution in [0, 0.1) is 0 Å². The molecule has 1 aromatic heterocycles. The molecule has 9 heteroatoms. The Hall–Kier alpha value is -1.61. The second kappa shape index (κ2) is 6.02. The monoisotopic (exact) mass is 306 g/mol. The lowest BCUT2D eigenvalue weighted by Crippen LogP contribution is -2.37. The van der Waals surface area contributed by atoms with Gasteiger partial charge in [0.2, 0.25) is 5.82 Å². The van der Waals surface area contributed by atoms with Gasteiger partial charge in [-0.3, -0.25) is 0 Å². The molecular weight excluding hydrogens is 289 g/mol. The number of ether oxygens (including phenoxy) is 1. The first-order chi connectivity index (χ1) is 9.82. The standard InChI is InChI=1S/C12H17F3N4O2/c1-2-16-8-5-9(19-10(18-8)12(13,14)15)17-6-11(20)3-4-21-7-11/h5,20H,2-4,6-7H2,1H3,(H2,16,17,18,19). The summed E-state index contributed by atoms with van der Waals surface area (Å²) in [6, 6.07) is 1.37. The van der Waals surface area contributed by atoms with Gasteiger partial charge < -0.3 is 20.5 Å². The average molecular weight is 306 g/mol. The van der Waals surface area contributed by atoms with Gasteiger partial charge >= 0.3 is 6.18 Å². The molecule has 2 rings (SSSR count). The molecule has 21 heavy (non-hydrogen) atoms. The number of rotatable bonds is 5. The van der Waals surface area contributed by atoms with Crippen LogP contribution in [0.4, 0.5) is 24.8 Å². The van der Waals surface area contributed by atoms with Crippen LogP contribution in [0.3, 0.4) is 0 Å². The van der Waals surface area contributed by atoms with Gasteiger partial charge in [-0.25, -0.2) is 9.97 Å². The SMILES string of the molecule is CCNc1cc(NCC2(O)CCOC2)nc(C(F)(F)F)n1. The molecule has 6 nitrogen and oxygen atoms in total. The Morgan fingerprint density at radius 2 is 2.00 bits per heavy atom. The maximum Gasteiger partial charge on any atom is 0.451 e. The van der Waals surface area contributed by atoms with Crippen molar-refractivity contribution in [1.29, 1.82) is 0 Å². The van der Waals surface area contributed by atoms with E-state index in [-0.39, 0.29) is 24.8 Å². The fraction of sp³-hybridized carbons (Fsp3) is 0.667. The van der Waals surface area contributed by atoms with Crippen LogP contribution in [0.25, 0.3) is 0 Å². The van der Waals surface area contributed by atoms with Crippen molar-refractivity contribution in [3.63, 3.8) is 0 Å². The molecule has 1 saturated heterocycles. The number of aliphatic hydroxyl groups is 1. The predicted molar refractivity (Wildman–Crippen MR) is 70.1 cm³/mol. The number of halogens is 3. The van der Waals surface area contributed by atoms with Crippen molar-refractivity contribution in [3.8, 4) is 0 Å². The van der Waals surface area contributed by atoms with Gasteiger partial charge in [-0.1, -0.05) is 0 Å². The van der Waals surface area contributed by atoms with E-state index in [1.165, 1.54) is 6.07 Å². The van der Waals surface area contributed by atoms with Gasteiger partial charge in [0.25, 0.3) is 0 Å². The van der Waals surface area contributed by atoms with E-state index in [1.807, 2.05) is 0 Å². The summed E-state index contributed by atoms with van der Waals surface area (Å²) in [4.78, 5) is 6.86. The Morgan fingerprint density at radius 1 is 1.33 bits per heavy atom. The van der Waals surface area contributed by atoms with Crippen molar-refractivity contribution in [3.05, 3.63) is 11.9 Å². The molecule has 1 atom stereocenters. The van der Waals surface area contributed by atoms with Crippen LogP contribution in [0.5, 0.6) is 0 Å². The molecule has 1 fully saturated rings. The Labute approximate surface area is 119 Å². The number of hydrogen-bond donors (Lipinski definition) is 3. The van der Waals surface area contributed by atoms with Gasteiger partial charge in [0, 0.05) is 32.2 Å². The Kier molecular flexibility index (Phi) is 4.52. The van der Waals surface area contributed by atoms with Crippen LogP contribution in [0.15, 0.2) is 6.07 Å². The molecule has 1 aromatic rings. The number of nitrogens with one attached hydrogen (secondary N) is 2. The highest BCUT2D eigenvalue weighted by molar-refractivity contribution is 5.48. The molecule has 0 saturated carbocycles. The topological polar surface area (TPSA) is 79.3 Å². The van der Waals surface area contributed by atoms with E-state index in [1.54, 1.807) is 6.92 Å². The lowest BCUT2D eigenvalue weighted by molar-refractivity contribution is -0.144. The van der Waals surface area contributed by atoms with E-state index >= 15 is 0 Å². The maximum absolute atomic E-state index is 12.8. The summed E-state index contributed by atoms with van der Waals surface area (Å²) in [5, 5.41) is 15.5. The smallest absolute Gasteiger partial charge is 0.386 e. The van der Waals surface area contributed by atoms with E-state index in [9.17, 15) is 18.3 Å². The van der Waals surface area contributed by atoms with Gasteiger partial charge in [-0.05, 0) is 6.92 Å². The van der Waals surface area contributed by atoms with E-state index in [0.717, 1.165) is 0 Å². The van der Waals surface area contributed by atoms with E-state index in [0.29, 0.717) is 19.6 Å². The normalized spacial score (nSPS) is 22.3. The highest BCUT2D eigenvalue weighted by Crippen LogP contribution is 2.28. The first-order valence-corrected chi connectivity index (χ1v) is 6.56. The van der Waals surface area contributed by atoms with Gasteiger partial charge in [-0.2, -0.15) is 13.2 Å². The molecular formula is C12H17F3N4O2. The first-order valence-electron chi connectivity index (χ1n) is 6.56. The van der Waals surface area contributed by atoms with E-state index < -0.39 is 17.6 Å². The van der Waals surface area contributed by atoms with Crippen molar-refractivity contribution >= 4 is 11.6 Å². The van der Waals surface area contributed by atoms with Crippen LogP contribution in [-0.2, 0) is 10.9 Å². The largest absolute Gasteiger partial charge is 0.451 e. The van der Waals surface area contributed by atoms with Crippen LogP contribution in [0.2, 0.25) is 0 Å². The maximum atomic E-state index is 12.8. The molecule has 1 unspecified atom stereocenters. The van der Waals surface area contributed by atoms with Crippen LogP contribution >= 0.6 is 0 Å². The minimum Gasteiger partial charge on any atom is -0.386 e. The molecule has 1 aliphatic rings. The zero-order valence-corrected chi connectivity index (χ0v) is 11.5. The quantitative estimate of drug-likeness (QED) is 0.765. The molecule has 118 valence electrons. The summed E-state index contributed by atoms with van der Waals surface area (Å²) in [6.45, 7) is 2.83. The van der Waals surface area contributed by atoms with Crippen molar-refractivity contribution in [2.24, 2.45) is 0 Å². The highest BCUT2D eigenvalue weighted by Gasteiger charge is 2.36. The summed E-state index contributed by atoms with van der Waals surface area (Å²) in [7, 11) is 0. The second-order valence-electron chi connectivity index (χ2n) is 4.87. The summed E-state index contributed by atoms with van der Waals surface area (Å²) < 4.78 is 43.3. The van der Waals surface area contributed by atoms with Crippen molar-refractivity contribution in [1.82, 2.24) is 9.97 Å². The third kappa shape index (κ3) is 4.18. The third-order valence-corrected chi connectivity index (χ3v) is 3.02. The summed E-state index contributed by atoms with van der Waals surface area (Å²) in [6.07, 6.45) is -4.20. The van der Waals surface area contributed by atoms with Crippen LogP contribution < -0.4 is 10.6 Å². The molecule has 0 aromatic carbocycles. The molecule has 0 bridgehead atoms. The third-order valence-electron chi connectivity index (χ3n) is 3.02. The van der Waals surface area contributed by atoms with Crippen LogP contribution in [-0.4, -0.2) is 47.0 Å². The van der Waals surface area contributed by atoms with Gasteiger partial charge in [-0.15, -0.1) is 0 Å². The minimum atomic E-state index is -4.63. The highest BCUT2D eigenvalue weighted by atomic mass is 19.4. The average Bonchev–Trinajstić information content (AvgIpc) is 2.83. The van der Waals surface area contributed by atoms with Gasteiger partial charge in [0.1, 0.15) is 17.2 Å². The fourth-order valence-electron chi connectivity index (χ4n) is 1.93. The van der Waals surface area contributed by atoms with Crippen molar-refractivity contribution in [2.45, 2.75) is 25.1 Å². The first kappa shape index (κ1) is 15.8. The van der Waals surface area contributed by atoms with Gasteiger partial charge in [0.15, 0.2) is 0 Å². The molecule has 2 heterocycles. The molecule has 0 amide bonds. The Bertz CT molecular complexity index is 490. The number of aromatic nitrogens is 2.